The topological polar surface area (TPSA) is 76.4 Å². The average molecular weight is 279 g/mol. The summed E-state index contributed by atoms with van der Waals surface area (Å²) in [5.74, 6) is -0.748. The summed E-state index contributed by atoms with van der Waals surface area (Å²) in [5.41, 5.74) is 5.39. The van der Waals surface area contributed by atoms with Crippen molar-refractivity contribution < 1.29 is 22.2 Å². The monoisotopic (exact) mass is 279 g/mol. The normalized spacial score (nSPS) is 13.7. The summed E-state index contributed by atoms with van der Waals surface area (Å²) in [5, 5.41) is 9.11. The highest BCUT2D eigenvalue weighted by Crippen LogP contribution is 2.20. The lowest BCUT2D eigenvalue weighted by atomic mass is 10.2. The van der Waals surface area contributed by atoms with Gasteiger partial charge in [0.2, 0.25) is 12.2 Å². The molecule has 0 fully saturated rings. The summed E-state index contributed by atoms with van der Waals surface area (Å²) in [7, 11) is 0. The molecule has 0 amide bonds. The molecule has 0 aliphatic heterocycles. The number of H-pyrrole nitrogens is 1. The highest BCUT2D eigenvalue weighted by atomic mass is 19.4. The van der Waals surface area contributed by atoms with Crippen molar-refractivity contribution in [2.75, 3.05) is 5.73 Å². The molecular formula is C9H11F4N6+. The molecule has 0 aliphatic carbocycles. The molecule has 0 aromatic carbocycles. The lowest BCUT2D eigenvalue weighted by Crippen LogP contribution is -2.41. The largest absolute Gasteiger partial charge is 0.408 e. The minimum Gasteiger partial charge on any atom is -0.390 e. The molecule has 0 aliphatic rings. The van der Waals surface area contributed by atoms with Crippen molar-refractivity contribution in [1.82, 2.24) is 20.1 Å². The SMILES string of the molecule is CC(c1cnnn1CC(F)(F)F)[n+]1cc(N)c(F)[nH]1. The quantitative estimate of drug-likeness (QED) is 0.644. The van der Waals surface area contributed by atoms with Crippen LogP contribution < -0.4 is 10.4 Å². The first-order valence-electron chi connectivity index (χ1n) is 5.28. The number of nitrogen functional groups attached to an aromatic ring is 1. The van der Waals surface area contributed by atoms with Crippen molar-refractivity contribution in [3.8, 4) is 0 Å². The van der Waals surface area contributed by atoms with E-state index in [0.717, 1.165) is 0 Å². The standard InChI is InChI=1S/C9H10F4N6/c1-5(18-3-6(14)8(10)16-18)7-2-15-17-19(7)4-9(11,12)13/h2-3,5H,4,14H2,1H3/p+1. The van der Waals surface area contributed by atoms with Crippen LogP contribution >= 0.6 is 0 Å². The lowest BCUT2D eigenvalue weighted by Gasteiger charge is -2.10. The van der Waals surface area contributed by atoms with Gasteiger partial charge in [-0.15, -0.1) is 14.9 Å². The van der Waals surface area contributed by atoms with Crippen molar-refractivity contribution in [3.05, 3.63) is 24.0 Å². The number of aromatic nitrogens is 5. The van der Waals surface area contributed by atoms with E-state index in [-0.39, 0.29) is 11.4 Å². The van der Waals surface area contributed by atoms with Crippen LogP contribution in [0.25, 0.3) is 0 Å². The third-order valence-electron chi connectivity index (χ3n) is 2.58. The van der Waals surface area contributed by atoms with Gasteiger partial charge >= 0.3 is 6.18 Å². The van der Waals surface area contributed by atoms with Gasteiger partial charge in [0.1, 0.15) is 12.2 Å². The summed E-state index contributed by atoms with van der Waals surface area (Å²) in [6, 6.07) is -0.621. The van der Waals surface area contributed by atoms with E-state index in [9.17, 15) is 17.6 Å². The molecule has 3 N–H and O–H groups in total. The predicted octanol–water partition coefficient (Wildman–Crippen LogP) is 0.787. The Balaban J connectivity index is 2.29. The van der Waals surface area contributed by atoms with Crippen LogP contribution in [-0.4, -0.2) is 26.3 Å². The molecule has 0 saturated heterocycles. The fourth-order valence-corrected chi connectivity index (χ4v) is 1.65. The third kappa shape index (κ3) is 2.83. The summed E-state index contributed by atoms with van der Waals surface area (Å²) in [6.45, 7) is 0.312. The Bertz CT molecular complexity index is 552. The summed E-state index contributed by atoms with van der Waals surface area (Å²) in [4.78, 5) is 0. The van der Waals surface area contributed by atoms with Gasteiger partial charge in [-0.1, -0.05) is 5.21 Å². The highest BCUT2D eigenvalue weighted by Gasteiger charge is 2.32. The highest BCUT2D eigenvalue weighted by molar-refractivity contribution is 5.29. The first kappa shape index (κ1) is 13.3. The fourth-order valence-electron chi connectivity index (χ4n) is 1.65. The van der Waals surface area contributed by atoms with Gasteiger partial charge in [-0.25, -0.2) is 4.68 Å². The molecule has 2 heterocycles. The van der Waals surface area contributed by atoms with E-state index in [1.54, 1.807) is 6.92 Å². The van der Waals surface area contributed by atoms with Gasteiger partial charge in [0.05, 0.1) is 6.20 Å². The van der Waals surface area contributed by atoms with E-state index in [2.05, 4.69) is 15.4 Å². The Morgan fingerprint density at radius 3 is 2.74 bits per heavy atom. The van der Waals surface area contributed by atoms with Gasteiger partial charge in [-0.05, 0) is 0 Å². The summed E-state index contributed by atoms with van der Waals surface area (Å²) >= 11 is 0. The number of alkyl halides is 3. The second-order valence-corrected chi connectivity index (χ2v) is 4.03. The van der Waals surface area contributed by atoms with Crippen LogP contribution in [0, 0.1) is 5.95 Å². The lowest BCUT2D eigenvalue weighted by molar-refractivity contribution is -0.764. The van der Waals surface area contributed by atoms with Crippen molar-refractivity contribution >= 4 is 5.69 Å². The van der Waals surface area contributed by atoms with Gasteiger partial charge in [0, 0.05) is 6.92 Å². The zero-order valence-electron chi connectivity index (χ0n) is 9.82. The molecule has 1 unspecified atom stereocenters. The zero-order chi connectivity index (χ0) is 14.2. The Kier molecular flexibility index (Phi) is 3.16. The van der Waals surface area contributed by atoms with Gasteiger partial charge in [0.25, 0.3) is 5.95 Å². The van der Waals surface area contributed by atoms with E-state index in [0.29, 0.717) is 4.68 Å². The maximum absolute atomic E-state index is 13.1. The first-order chi connectivity index (χ1) is 8.78. The number of hydrogen-bond donors (Lipinski definition) is 2. The van der Waals surface area contributed by atoms with Crippen molar-refractivity contribution in [2.45, 2.75) is 25.7 Å². The summed E-state index contributed by atoms with van der Waals surface area (Å²) in [6.07, 6.45) is -1.96. The van der Waals surface area contributed by atoms with Gasteiger partial charge < -0.3 is 5.73 Å². The number of nitrogens with one attached hydrogen (secondary N) is 1. The second-order valence-electron chi connectivity index (χ2n) is 4.03. The van der Waals surface area contributed by atoms with Crippen LogP contribution in [0.4, 0.5) is 23.2 Å². The van der Waals surface area contributed by atoms with E-state index in [4.69, 9.17) is 5.73 Å². The number of anilines is 1. The number of nitrogens with zero attached hydrogens (tertiary/aromatic N) is 4. The molecule has 0 radical (unpaired) electrons. The smallest absolute Gasteiger partial charge is 0.390 e. The van der Waals surface area contributed by atoms with Crippen LogP contribution in [-0.2, 0) is 6.54 Å². The molecule has 6 nitrogen and oxygen atoms in total. The molecule has 0 spiro atoms. The molecule has 2 aromatic rings. The number of hydrogen-bond acceptors (Lipinski definition) is 3. The Morgan fingerprint density at radius 2 is 2.21 bits per heavy atom. The average Bonchev–Trinajstić information content (AvgIpc) is 2.84. The number of aromatic amines is 1. The van der Waals surface area contributed by atoms with Gasteiger partial charge in [-0.3, -0.25) is 0 Å². The number of rotatable bonds is 3. The zero-order valence-corrected chi connectivity index (χ0v) is 9.82. The third-order valence-corrected chi connectivity index (χ3v) is 2.58. The van der Waals surface area contributed by atoms with E-state index < -0.39 is 24.7 Å². The fraction of sp³-hybridized carbons (Fsp3) is 0.444. The van der Waals surface area contributed by atoms with E-state index in [1.165, 1.54) is 17.1 Å². The molecule has 10 heteroatoms. The Labute approximate surface area is 104 Å². The molecule has 0 bridgehead atoms. The van der Waals surface area contributed by atoms with Gasteiger partial charge in [-0.2, -0.15) is 17.6 Å². The van der Waals surface area contributed by atoms with E-state index >= 15 is 0 Å². The maximum Gasteiger partial charge on any atom is 0.408 e. The Morgan fingerprint density at radius 1 is 1.53 bits per heavy atom. The molecular weight excluding hydrogens is 268 g/mol. The van der Waals surface area contributed by atoms with Gasteiger partial charge in [0.15, 0.2) is 5.69 Å². The van der Waals surface area contributed by atoms with Crippen LogP contribution in [0.3, 0.4) is 0 Å². The van der Waals surface area contributed by atoms with Crippen LogP contribution in [0.2, 0.25) is 0 Å². The predicted molar refractivity (Wildman–Crippen MR) is 55.2 cm³/mol. The number of halogens is 4. The maximum atomic E-state index is 13.1. The number of nitrogens with two attached hydrogens (primary N) is 1. The van der Waals surface area contributed by atoms with Crippen molar-refractivity contribution in [3.63, 3.8) is 0 Å². The molecule has 104 valence electrons. The second kappa shape index (κ2) is 4.52. The molecule has 2 rings (SSSR count). The van der Waals surface area contributed by atoms with Crippen LogP contribution in [0.5, 0.6) is 0 Å². The molecule has 2 aromatic heterocycles. The van der Waals surface area contributed by atoms with Crippen molar-refractivity contribution in [1.29, 1.82) is 0 Å². The molecule has 1 atom stereocenters. The molecule has 0 saturated carbocycles. The van der Waals surface area contributed by atoms with Crippen LogP contribution in [0.1, 0.15) is 18.7 Å². The van der Waals surface area contributed by atoms with Crippen LogP contribution in [0.15, 0.2) is 12.4 Å². The first-order valence-corrected chi connectivity index (χ1v) is 5.28. The molecule has 19 heavy (non-hydrogen) atoms. The minimum absolute atomic E-state index is 0.123. The minimum atomic E-state index is -4.41. The summed E-state index contributed by atoms with van der Waals surface area (Å²) < 4.78 is 52.1. The van der Waals surface area contributed by atoms with E-state index in [1.807, 2.05) is 0 Å². The van der Waals surface area contributed by atoms with Crippen molar-refractivity contribution in [2.24, 2.45) is 0 Å². The Hall–Kier alpha value is -2.13.